The molecule has 0 spiro atoms. The zero-order valence-corrected chi connectivity index (χ0v) is 18.5. The lowest BCUT2D eigenvalue weighted by atomic mass is 10.0. The molecule has 30 heavy (non-hydrogen) atoms. The summed E-state index contributed by atoms with van der Waals surface area (Å²) in [5.41, 5.74) is 1.55. The molecule has 1 aliphatic rings. The highest BCUT2D eigenvalue weighted by Crippen LogP contribution is 2.34. The summed E-state index contributed by atoms with van der Waals surface area (Å²) >= 11 is 8.59. The number of ether oxygens (including phenoxy) is 1. The Morgan fingerprint density at radius 2 is 2.07 bits per heavy atom. The van der Waals surface area contributed by atoms with Gasteiger partial charge in [0, 0.05) is 10.0 Å². The highest BCUT2D eigenvalue weighted by molar-refractivity contribution is 9.10. The fourth-order valence-corrected chi connectivity index (χ4v) is 3.69. The van der Waals surface area contributed by atoms with Gasteiger partial charge in [0.1, 0.15) is 5.57 Å². The maximum absolute atomic E-state index is 13.1. The van der Waals surface area contributed by atoms with Crippen molar-refractivity contribution >= 4 is 56.8 Å². The van der Waals surface area contributed by atoms with E-state index >= 15 is 0 Å². The van der Waals surface area contributed by atoms with E-state index in [2.05, 4.69) is 27.8 Å². The number of benzene rings is 2. The van der Waals surface area contributed by atoms with Gasteiger partial charge in [0.25, 0.3) is 11.8 Å². The minimum absolute atomic E-state index is 0.00769. The first kappa shape index (κ1) is 21.7. The number of aromatic hydroxyl groups is 1. The van der Waals surface area contributed by atoms with Gasteiger partial charge in [0.2, 0.25) is 0 Å². The van der Waals surface area contributed by atoms with Crippen LogP contribution < -0.4 is 15.0 Å². The van der Waals surface area contributed by atoms with E-state index in [9.17, 15) is 14.7 Å². The topological polar surface area (TPSA) is 78.9 Å². The molecule has 0 bridgehead atoms. The number of hydrogen-bond donors (Lipinski definition) is 2. The molecule has 2 aromatic carbocycles. The molecule has 1 heterocycles. The standard InChI is InChI=1S/C22H19BrN2O4S/c1-3-6-14-9-13(11-18(19(14)26)29-4-2)10-17-20(27)24-22(30)25(21(17)28)16-8-5-7-15(23)12-16/h3,5,7-12,26H,1,4,6H2,2H3,(H,24,27,30). The third-order valence-corrected chi connectivity index (χ3v) is 5.10. The largest absolute Gasteiger partial charge is 0.504 e. The van der Waals surface area contributed by atoms with Gasteiger partial charge in [0.05, 0.1) is 12.3 Å². The molecule has 1 aliphatic heterocycles. The van der Waals surface area contributed by atoms with E-state index in [4.69, 9.17) is 17.0 Å². The number of nitrogens with one attached hydrogen (secondary N) is 1. The van der Waals surface area contributed by atoms with Crippen LogP contribution in [-0.2, 0) is 16.0 Å². The SMILES string of the molecule is C=CCc1cc(C=C2C(=O)NC(=S)N(c3cccc(Br)c3)C2=O)cc(OCC)c1O. The van der Waals surface area contributed by atoms with Crippen molar-refractivity contribution in [1.82, 2.24) is 5.32 Å². The van der Waals surface area contributed by atoms with Crippen molar-refractivity contribution in [2.45, 2.75) is 13.3 Å². The van der Waals surface area contributed by atoms with Crippen LogP contribution >= 0.6 is 28.1 Å². The Balaban J connectivity index is 2.07. The van der Waals surface area contributed by atoms with Gasteiger partial charge in [-0.05, 0) is 67.5 Å². The molecule has 0 saturated carbocycles. The number of allylic oxidation sites excluding steroid dienone is 1. The Morgan fingerprint density at radius 1 is 1.30 bits per heavy atom. The van der Waals surface area contributed by atoms with Crippen LogP contribution in [0.25, 0.3) is 6.08 Å². The number of amides is 2. The summed E-state index contributed by atoms with van der Waals surface area (Å²) in [7, 11) is 0. The Labute approximate surface area is 188 Å². The Kier molecular flexibility index (Phi) is 6.69. The molecule has 3 rings (SSSR count). The fourth-order valence-electron chi connectivity index (χ4n) is 3.02. The number of nitrogens with zero attached hydrogens (tertiary/aromatic N) is 1. The number of phenolic OH excluding ortho intramolecular Hbond substituents is 1. The van der Waals surface area contributed by atoms with Crippen LogP contribution in [0, 0.1) is 0 Å². The first-order valence-corrected chi connectivity index (χ1v) is 10.3. The second kappa shape index (κ2) is 9.23. The molecular weight excluding hydrogens is 468 g/mol. The van der Waals surface area contributed by atoms with Crippen molar-refractivity contribution in [1.29, 1.82) is 0 Å². The summed E-state index contributed by atoms with van der Waals surface area (Å²) in [6, 6.07) is 10.3. The molecule has 2 amide bonds. The van der Waals surface area contributed by atoms with Crippen molar-refractivity contribution in [3.8, 4) is 11.5 Å². The molecule has 0 aliphatic carbocycles. The smallest absolute Gasteiger partial charge is 0.270 e. The summed E-state index contributed by atoms with van der Waals surface area (Å²) in [6.45, 7) is 5.84. The number of phenols is 1. The van der Waals surface area contributed by atoms with Crippen LogP contribution in [0.2, 0.25) is 0 Å². The average molecular weight is 487 g/mol. The molecule has 6 nitrogen and oxygen atoms in total. The molecule has 0 radical (unpaired) electrons. The second-order valence-corrected chi connectivity index (χ2v) is 7.69. The number of thiocarbonyl (C=S) groups is 1. The number of hydrogen-bond acceptors (Lipinski definition) is 5. The molecular formula is C22H19BrN2O4S. The highest BCUT2D eigenvalue weighted by Gasteiger charge is 2.34. The first-order valence-electron chi connectivity index (χ1n) is 9.12. The highest BCUT2D eigenvalue weighted by atomic mass is 79.9. The molecule has 8 heteroatoms. The van der Waals surface area contributed by atoms with Crippen LogP contribution in [0.5, 0.6) is 11.5 Å². The van der Waals surface area contributed by atoms with Crippen LogP contribution in [0.15, 0.2) is 59.1 Å². The van der Waals surface area contributed by atoms with Gasteiger partial charge in [-0.15, -0.1) is 6.58 Å². The third kappa shape index (κ3) is 4.44. The number of carbonyl (C=O) groups is 2. The van der Waals surface area contributed by atoms with Gasteiger partial charge in [-0.25, -0.2) is 0 Å². The van der Waals surface area contributed by atoms with Crippen LogP contribution in [0.3, 0.4) is 0 Å². The van der Waals surface area contributed by atoms with E-state index in [1.165, 1.54) is 11.0 Å². The number of halogens is 1. The average Bonchev–Trinajstić information content (AvgIpc) is 2.69. The predicted octanol–water partition coefficient (Wildman–Crippen LogP) is 4.11. The van der Waals surface area contributed by atoms with Gasteiger partial charge >= 0.3 is 0 Å². The van der Waals surface area contributed by atoms with Crippen LogP contribution in [-0.4, -0.2) is 28.6 Å². The zero-order chi connectivity index (χ0) is 21.8. The molecule has 2 N–H and O–H groups in total. The van der Waals surface area contributed by atoms with Crippen molar-refractivity contribution in [2.75, 3.05) is 11.5 Å². The Hall–Kier alpha value is -2.97. The third-order valence-electron chi connectivity index (χ3n) is 4.32. The van der Waals surface area contributed by atoms with Crippen molar-refractivity contribution < 1.29 is 19.4 Å². The zero-order valence-electron chi connectivity index (χ0n) is 16.1. The van der Waals surface area contributed by atoms with Crippen LogP contribution in [0.1, 0.15) is 18.1 Å². The monoisotopic (exact) mass is 486 g/mol. The van der Waals surface area contributed by atoms with Gasteiger partial charge in [-0.2, -0.15) is 0 Å². The molecule has 1 fully saturated rings. The van der Waals surface area contributed by atoms with E-state index in [0.29, 0.717) is 29.8 Å². The lowest BCUT2D eigenvalue weighted by molar-refractivity contribution is -0.122. The van der Waals surface area contributed by atoms with Gasteiger partial charge in [-0.1, -0.05) is 28.1 Å². The molecule has 0 unspecified atom stereocenters. The maximum atomic E-state index is 13.1. The Morgan fingerprint density at radius 3 is 2.73 bits per heavy atom. The van der Waals surface area contributed by atoms with Crippen molar-refractivity contribution in [3.05, 3.63) is 70.2 Å². The lowest BCUT2D eigenvalue weighted by Crippen LogP contribution is -2.54. The summed E-state index contributed by atoms with van der Waals surface area (Å²) in [6.07, 6.45) is 3.50. The summed E-state index contributed by atoms with van der Waals surface area (Å²) in [4.78, 5) is 26.9. The Bertz CT molecular complexity index is 1080. The van der Waals surface area contributed by atoms with E-state index in [0.717, 1.165) is 4.47 Å². The molecule has 2 aromatic rings. The van der Waals surface area contributed by atoms with Crippen molar-refractivity contribution in [2.24, 2.45) is 0 Å². The lowest BCUT2D eigenvalue weighted by Gasteiger charge is -2.29. The second-order valence-electron chi connectivity index (χ2n) is 6.39. The van der Waals surface area contributed by atoms with E-state index < -0.39 is 11.8 Å². The summed E-state index contributed by atoms with van der Waals surface area (Å²) in [5.74, 6) is -0.854. The van der Waals surface area contributed by atoms with Gasteiger partial charge in [0.15, 0.2) is 16.6 Å². The molecule has 1 saturated heterocycles. The van der Waals surface area contributed by atoms with Gasteiger partial charge in [-0.3, -0.25) is 19.8 Å². The number of anilines is 1. The number of rotatable bonds is 6. The summed E-state index contributed by atoms with van der Waals surface area (Å²) < 4.78 is 6.26. The number of carbonyl (C=O) groups excluding carboxylic acids is 2. The van der Waals surface area contributed by atoms with Crippen molar-refractivity contribution in [3.63, 3.8) is 0 Å². The minimum Gasteiger partial charge on any atom is -0.504 e. The van der Waals surface area contributed by atoms with Crippen LogP contribution in [0.4, 0.5) is 5.69 Å². The minimum atomic E-state index is -0.590. The van der Waals surface area contributed by atoms with E-state index in [1.54, 1.807) is 43.3 Å². The predicted molar refractivity (Wildman–Crippen MR) is 124 cm³/mol. The molecule has 154 valence electrons. The van der Waals surface area contributed by atoms with E-state index in [-0.39, 0.29) is 22.2 Å². The molecule has 0 aromatic heterocycles. The van der Waals surface area contributed by atoms with E-state index in [1.807, 2.05) is 6.07 Å². The maximum Gasteiger partial charge on any atom is 0.270 e. The quantitative estimate of drug-likeness (QED) is 0.278. The normalized spacial score (nSPS) is 15.3. The fraction of sp³-hybridized carbons (Fsp3) is 0.136. The molecule has 0 atom stereocenters. The summed E-state index contributed by atoms with van der Waals surface area (Å²) in [5, 5.41) is 12.9. The first-order chi connectivity index (χ1) is 14.3. The van der Waals surface area contributed by atoms with Gasteiger partial charge < -0.3 is 9.84 Å².